The van der Waals surface area contributed by atoms with E-state index in [1.165, 1.54) is 11.8 Å². The summed E-state index contributed by atoms with van der Waals surface area (Å²) in [5.74, 6) is -0.211. The number of hydrogen-bond donors (Lipinski definition) is 1. The number of thioether (sulfide) groups is 1. The van der Waals surface area contributed by atoms with Crippen molar-refractivity contribution in [2.24, 2.45) is 0 Å². The third-order valence-corrected chi connectivity index (χ3v) is 5.32. The van der Waals surface area contributed by atoms with Crippen LogP contribution in [0, 0.1) is 13.8 Å². The highest BCUT2D eigenvalue weighted by molar-refractivity contribution is 7.99. The Morgan fingerprint density at radius 1 is 1.12 bits per heavy atom. The number of halogens is 1. The second-order valence-electron chi connectivity index (χ2n) is 5.92. The number of nitrogens with one attached hydrogen (secondary N) is 1. The quantitative estimate of drug-likeness (QED) is 0.532. The van der Waals surface area contributed by atoms with Crippen LogP contribution in [0.5, 0.6) is 0 Å². The van der Waals surface area contributed by atoms with Crippen molar-refractivity contribution < 1.29 is 14.3 Å². The molecule has 0 saturated heterocycles. The number of rotatable bonds is 7. The van der Waals surface area contributed by atoms with Gasteiger partial charge < -0.3 is 10.1 Å². The van der Waals surface area contributed by atoms with Gasteiger partial charge in [0.05, 0.1) is 11.4 Å². The van der Waals surface area contributed by atoms with Gasteiger partial charge in [-0.3, -0.25) is 9.59 Å². The first-order valence-corrected chi connectivity index (χ1v) is 9.68. The molecule has 2 aromatic carbocycles. The summed E-state index contributed by atoms with van der Waals surface area (Å²) in [4.78, 5) is 25.2. The molecule has 0 fully saturated rings. The summed E-state index contributed by atoms with van der Waals surface area (Å²) >= 11 is 7.56. The molecule has 0 aliphatic rings. The number of aryl methyl sites for hydroxylation is 2. The lowest BCUT2D eigenvalue weighted by atomic mass is 10.1. The third-order valence-electron chi connectivity index (χ3n) is 3.81. The topological polar surface area (TPSA) is 55.4 Å². The fraction of sp³-hybridized carbons (Fsp3) is 0.300. The lowest BCUT2D eigenvalue weighted by Crippen LogP contribution is -2.30. The zero-order chi connectivity index (χ0) is 19.1. The molecule has 6 heteroatoms. The molecule has 0 saturated carbocycles. The molecule has 4 nitrogen and oxygen atoms in total. The largest absolute Gasteiger partial charge is 0.453 e. The first-order chi connectivity index (χ1) is 12.4. The van der Waals surface area contributed by atoms with Gasteiger partial charge in [0.1, 0.15) is 0 Å². The highest BCUT2D eigenvalue weighted by Crippen LogP contribution is 2.27. The maximum Gasteiger partial charge on any atom is 0.307 e. The Morgan fingerprint density at radius 2 is 1.77 bits per heavy atom. The Kier molecular flexibility index (Phi) is 7.54. The average molecular weight is 392 g/mol. The van der Waals surface area contributed by atoms with Crippen LogP contribution in [0.25, 0.3) is 0 Å². The van der Waals surface area contributed by atoms with Crippen molar-refractivity contribution in [1.29, 1.82) is 0 Å². The molecule has 1 atom stereocenters. The Balaban J connectivity index is 1.81. The average Bonchev–Trinajstić information content (AvgIpc) is 2.59. The summed E-state index contributed by atoms with van der Waals surface area (Å²) in [6.07, 6.45) is -0.650. The third kappa shape index (κ3) is 5.78. The highest BCUT2D eigenvalue weighted by Gasteiger charge is 2.19. The number of anilines is 1. The fourth-order valence-electron chi connectivity index (χ4n) is 2.35. The van der Waals surface area contributed by atoms with E-state index in [9.17, 15) is 9.59 Å². The van der Waals surface area contributed by atoms with Gasteiger partial charge in [-0.05, 0) is 44.0 Å². The van der Waals surface area contributed by atoms with Crippen LogP contribution >= 0.6 is 23.4 Å². The summed E-state index contributed by atoms with van der Waals surface area (Å²) in [5.41, 5.74) is 2.69. The van der Waals surface area contributed by atoms with Crippen LogP contribution in [0.15, 0.2) is 47.4 Å². The molecule has 0 bridgehead atoms. The summed E-state index contributed by atoms with van der Waals surface area (Å²) in [6.45, 7) is 5.42. The van der Waals surface area contributed by atoms with E-state index in [2.05, 4.69) is 5.32 Å². The van der Waals surface area contributed by atoms with Crippen molar-refractivity contribution in [2.75, 3.05) is 11.1 Å². The molecule has 2 rings (SSSR count). The van der Waals surface area contributed by atoms with E-state index >= 15 is 0 Å². The van der Waals surface area contributed by atoms with Crippen molar-refractivity contribution in [3.05, 3.63) is 58.6 Å². The van der Waals surface area contributed by atoms with E-state index in [-0.39, 0.29) is 12.3 Å². The molecule has 26 heavy (non-hydrogen) atoms. The predicted molar refractivity (Wildman–Crippen MR) is 107 cm³/mol. The molecule has 138 valence electrons. The number of carbonyl (C=O) groups is 2. The fourth-order valence-corrected chi connectivity index (χ4v) is 3.52. The van der Waals surface area contributed by atoms with E-state index in [1.54, 1.807) is 6.92 Å². The first-order valence-electron chi connectivity index (χ1n) is 8.32. The lowest BCUT2D eigenvalue weighted by Gasteiger charge is -2.16. The monoisotopic (exact) mass is 391 g/mol. The molecule has 0 radical (unpaired) electrons. The second-order valence-corrected chi connectivity index (χ2v) is 7.46. The van der Waals surface area contributed by atoms with Gasteiger partial charge in [-0.15, -0.1) is 11.8 Å². The maximum absolute atomic E-state index is 12.3. The van der Waals surface area contributed by atoms with Crippen molar-refractivity contribution >= 4 is 40.9 Å². The normalized spacial score (nSPS) is 11.7. The Labute approximate surface area is 163 Å². The van der Waals surface area contributed by atoms with Gasteiger partial charge in [0.2, 0.25) is 0 Å². The van der Waals surface area contributed by atoms with Crippen LogP contribution < -0.4 is 5.32 Å². The molecule has 1 N–H and O–H groups in total. The Bertz CT molecular complexity index is 774. The van der Waals surface area contributed by atoms with Crippen LogP contribution in [0.1, 0.15) is 24.5 Å². The molecular weight excluding hydrogens is 370 g/mol. The van der Waals surface area contributed by atoms with Gasteiger partial charge in [-0.1, -0.05) is 41.9 Å². The minimum absolute atomic E-state index is 0.205. The van der Waals surface area contributed by atoms with Crippen molar-refractivity contribution in [3.8, 4) is 0 Å². The number of carbonyl (C=O) groups excluding carboxylic acids is 2. The van der Waals surface area contributed by atoms with E-state index in [1.807, 2.05) is 56.3 Å². The summed E-state index contributed by atoms with van der Waals surface area (Å²) in [5, 5.41) is 3.49. The number of ether oxygens (including phenoxy) is 1. The maximum atomic E-state index is 12.3. The molecule has 0 aliphatic carbocycles. The van der Waals surface area contributed by atoms with E-state index in [0.717, 1.165) is 21.7 Å². The van der Waals surface area contributed by atoms with Gasteiger partial charge in [0.25, 0.3) is 5.91 Å². The van der Waals surface area contributed by atoms with E-state index < -0.39 is 12.1 Å². The first kappa shape index (κ1) is 20.3. The number of para-hydroxylation sites is 1. The van der Waals surface area contributed by atoms with Crippen LogP contribution in [0.3, 0.4) is 0 Å². The van der Waals surface area contributed by atoms with Crippen LogP contribution in [-0.2, 0) is 14.3 Å². The Hall–Kier alpha value is -1.98. The minimum Gasteiger partial charge on any atom is -0.453 e. The van der Waals surface area contributed by atoms with E-state index in [4.69, 9.17) is 16.3 Å². The molecule has 2 aromatic rings. The van der Waals surface area contributed by atoms with Crippen LogP contribution in [0.4, 0.5) is 5.69 Å². The second kappa shape index (κ2) is 9.64. The highest BCUT2D eigenvalue weighted by atomic mass is 35.5. The number of esters is 1. The summed E-state index contributed by atoms with van der Waals surface area (Å²) in [6, 6.07) is 13.2. The predicted octanol–water partition coefficient (Wildman–Crippen LogP) is 5.01. The van der Waals surface area contributed by atoms with Crippen LogP contribution in [0.2, 0.25) is 5.02 Å². The van der Waals surface area contributed by atoms with Gasteiger partial charge in [-0.2, -0.15) is 0 Å². The smallest absolute Gasteiger partial charge is 0.307 e. The standard InChI is InChI=1S/C20H22ClNO3S/c1-13-7-6-8-14(2)19(13)22-20(24)15(3)25-18(23)11-12-26-17-10-5-4-9-16(17)21/h4-10,15H,11-12H2,1-3H3,(H,22,24). The number of hydrogen-bond acceptors (Lipinski definition) is 4. The summed E-state index contributed by atoms with van der Waals surface area (Å²) < 4.78 is 5.23. The van der Waals surface area contributed by atoms with Crippen molar-refractivity contribution in [1.82, 2.24) is 0 Å². The molecule has 0 heterocycles. The number of benzene rings is 2. The van der Waals surface area contributed by atoms with Gasteiger partial charge in [-0.25, -0.2) is 0 Å². The summed E-state index contributed by atoms with van der Waals surface area (Å²) in [7, 11) is 0. The van der Waals surface area contributed by atoms with Gasteiger partial charge in [0, 0.05) is 16.3 Å². The molecular formula is C20H22ClNO3S. The lowest BCUT2D eigenvalue weighted by molar-refractivity contribution is -0.152. The SMILES string of the molecule is Cc1cccc(C)c1NC(=O)C(C)OC(=O)CCSc1ccccc1Cl. The van der Waals surface area contributed by atoms with Gasteiger partial charge >= 0.3 is 5.97 Å². The minimum atomic E-state index is -0.855. The zero-order valence-corrected chi connectivity index (χ0v) is 16.6. The van der Waals surface area contributed by atoms with E-state index in [0.29, 0.717) is 10.8 Å². The Morgan fingerprint density at radius 3 is 2.42 bits per heavy atom. The molecule has 0 aliphatic heterocycles. The van der Waals surface area contributed by atoms with Crippen molar-refractivity contribution in [2.45, 2.75) is 38.2 Å². The molecule has 0 spiro atoms. The number of amides is 1. The van der Waals surface area contributed by atoms with Crippen LogP contribution in [-0.4, -0.2) is 23.7 Å². The molecule has 0 aromatic heterocycles. The van der Waals surface area contributed by atoms with Crippen molar-refractivity contribution in [3.63, 3.8) is 0 Å². The van der Waals surface area contributed by atoms with Gasteiger partial charge in [0.15, 0.2) is 6.10 Å². The molecule has 1 amide bonds. The zero-order valence-electron chi connectivity index (χ0n) is 15.0. The molecule has 1 unspecified atom stereocenters.